The van der Waals surface area contributed by atoms with Crippen molar-refractivity contribution in [1.82, 2.24) is 5.32 Å². The topological polar surface area (TPSA) is 73.6 Å². The van der Waals surface area contributed by atoms with Crippen LogP contribution < -0.4 is 10.1 Å². The fraction of sp³-hybridized carbons (Fsp3) is 0.571. The number of nitrogens with zero attached hydrogens (tertiary/aromatic N) is 1. The van der Waals surface area contributed by atoms with E-state index in [-0.39, 0.29) is 5.69 Å². The predicted octanol–water partition coefficient (Wildman–Crippen LogP) is 2.26. The van der Waals surface area contributed by atoms with E-state index in [4.69, 9.17) is 9.47 Å². The van der Waals surface area contributed by atoms with Crippen molar-refractivity contribution in [2.24, 2.45) is 0 Å². The molecular weight excluding hydrogens is 260 g/mol. The SMILES string of the molecule is CCOC1CC(NCc2ccc(OC)c([N+](=O)[O-])c2)C1. The van der Waals surface area contributed by atoms with Crippen molar-refractivity contribution in [3.8, 4) is 5.75 Å². The lowest BCUT2D eigenvalue weighted by atomic mass is 9.89. The molecule has 1 aliphatic carbocycles. The number of nitro groups is 1. The molecule has 1 aliphatic rings. The maximum Gasteiger partial charge on any atom is 0.311 e. The summed E-state index contributed by atoms with van der Waals surface area (Å²) in [6, 6.07) is 5.48. The molecule has 0 bridgehead atoms. The van der Waals surface area contributed by atoms with Crippen LogP contribution in [0.5, 0.6) is 5.75 Å². The van der Waals surface area contributed by atoms with Crippen LogP contribution in [0.15, 0.2) is 18.2 Å². The van der Waals surface area contributed by atoms with Gasteiger partial charge in [-0.2, -0.15) is 0 Å². The van der Waals surface area contributed by atoms with Crippen molar-refractivity contribution in [3.63, 3.8) is 0 Å². The van der Waals surface area contributed by atoms with E-state index in [2.05, 4.69) is 5.32 Å². The van der Waals surface area contributed by atoms with Gasteiger partial charge in [-0.1, -0.05) is 6.07 Å². The van der Waals surface area contributed by atoms with E-state index in [1.54, 1.807) is 12.1 Å². The van der Waals surface area contributed by atoms with Gasteiger partial charge in [-0.15, -0.1) is 0 Å². The number of nitro benzene ring substituents is 1. The van der Waals surface area contributed by atoms with Gasteiger partial charge >= 0.3 is 5.69 Å². The van der Waals surface area contributed by atoms with Gasteiger partial charge in [0.2, 0.25) is 0 Å². The van der Waals surface area contributed by atoms with Crippen LogP contribution in [0.1, 0.15) is 25.3 Å². The van der Waals surface area contributed by atoms with Crippen LogP contribution in [0.2, 0.25) is 0 Å². The summed E-state index contributed by atoms with van der Waals surface area (Å²) in [5.41, 5.74) is 0.893. The quantitative estimate of drug-likeness (QED) is 0.612. The van der Waals surface area contributed by atoms with Gasteiger partial charge in [0.1, 0.15) is 0 Å². The maximum atomic E-state index is 10.9. The minimum Gasteiger partial charge on any atom is -0.490 e. The Morgan fingerprint density at radius 1 is 1.45 bits per heavy atom. The molecule has 1 aromatic carbocycles. The van der Waals surface area contributed by atoms with E-state index in [9.17, 15) is 10.1 Å². The highest BCUT2D eigenvalue weighted by atomic mass is 16.6. The van der Waals surface area contributed by atoms with E-state index in [0.29, 0.717) is 24.4 Å². The van der Waals surface area contributed by atoms with Crippen LogP contribution in [0, 0.1) is 10.1 Å². The average Bonchev–Trinajstić information content (AvgIpc) is 2.40. The Kier molecular flexibility index (Phi) is 4.92. The highest BCUT2D eigenvalue weighted by molar-refractivity contribution is 5.48. The molecule has 1 N–H and O–H groups in total. The van der Waals surface area contributed by atoms with Gasteiger partial charge in [0.05, 0.1) is 18.1 Å². The van der Waals surface area contributed by atoms with E-state index in [1.807, 2.05) is 13.0 Å². The minimum absolute atomic E-state index is 0.00704. The summed E-state index contributed by atoms with van der Waals surface area (Å²) in [6.45, 7) is 3.37. The molecular formula is C14H20N2O4. The predicted molar refractivity (Wildman–Crippen MR) is 74.9 cm³/mol. The molecule has 1 saturated carbocycles. The lowest BCUT2D eigenvalue weighted by molar-refractivity contribution is -0.385. The number of nitrogens with one attached hydrogen (secondary N) is 1. The van der Waals surface area contributed by atoms with Crippen molar-refractivity contribution in [2.75, 3.05) is 13.7 Å². The van der Waals surface area contributed by atoms with E-state index in [1.165, 1.54) is 7.11 Å². The average molecular weight is 280 g/mol. The van der Waals surface area contributed by atoms with Crippen LogP contribution in [-0.4, -0.2) is 30.8 Å². The van der Waals surface area contributed by atoms with Gasteiger partial charge in [-0.25, -0.2) is 0 Å². The van der Waals surface area contributed by atoms with E-state index < -0.39 is 4.92 Å². The number of ether oxygens (including phenoxy) is 2. The second-order valence-corrected chi connectivity index (χ2v) is 4.89. The molecule has 6 nitrogen and oxygen atoms in total. The zero-order valence-corrected chi connectivity index (χ0v) is 11.8. The Labute approximate surface area is 118 Å². The van der Waals surface area contributed by atoms with E-state index >= 15 is 0 Å². The van der Waals surface area contributed by atoms with Gasteiger partial charge in [-0.3, -0.25) is 10.1 Å². The fourth-order valence-corrected chi connectivity index (χ4v) is 2.35. The largest absolute Gasteiger partial charge is 0.490 e. The zero-order valence-electron chi connectivity index (χ0n) is 11.8. The Hall–Kier alpha value is -1.66. The number of rotatable bonds is 7. The molecule has 1 aromatic rings. The van der Waals surface area contributed by atoms with Gasteiger partial charge in [0.15, 0.2) is 5.75 Å². The summed E-state index contributed by atoms with van der Waals surface area (Å²) in [7, 11) is 1.43. The van der Waals surface area contributed by atoms with Crippen molar-refractivity contribution in [1.29, 1.82) is 0 Å². The third-order valence-corrected chi connectivity index (χ3v) is 3.53. The first-order valence-electron chi connectivity index (χ1n) is 6.80. The standard InChI is InChI=1S/C14H20N2O4/c1-3-20-12-7-11(8-12)15-9-10-4-5-14(19-2)13(6-10)16(17)18/h4-6,11-12,15H,3,7-9H2,1-2H3. The monoisotopic (exact) mass is 280 g/mol. The third kappa shape index (κ3) is 3.46. The highest BCUT2D eigenvalue weighted by Crippen LogP contribution is 2.28. The molecule has 0 radical (unpaired) electrons. The van der Waals surface area contributed by atoms with Crippen LogP contribution >= 0.6 is 0 Å². The summed E-state index contributed by atoms with van der Waals surface area (Å²) in [5, 5.41) is 14.3. The summed E-state index contributed by atoms with van der Waals surface area (Å²) in [4.78, 5) is 10.5. The number of benzene rings is 1. The van der Waals surface area contributed by atoms with Gasteiger partial charge < -0.3 is 14.8 Å². The number of hydrogen-bond acceptors (Lipinski definition) is 5. The van der Waals surface area contributed by atoms with E-state index in [0.717, 1.165) is 25.0 Å². The van der Waals surface area contributed by atoms with Gasteiger partial charge in [0, 0.05) is 25.3 Å². The minimum atomic E-state index is -0.420. The van der Waals surface area contributed by atoms with Crippen LogP contribution in [0.25, 0.3) is 0 Å². The lowest BCUT2D eigenvalue weighted by Crippen LogP contribution is -2.45. The second-order valence-electron chi connectivity index (χ2n) is 4.89. The Bertz CT molecular complexity index is 472. The van der Waals surface area contributed by atoms with Crippen molar-refractivity contribution >= 4 is 5.69 Å². The Balaban J connectivity index is 1.88. The smallest absolute Gasteiger partial charge is 0.311 e. The van der Waals surface area contributed by atoms with Crippen molar-refractivity contribution < 1.29 is 14.4 Å². The summed E-state index contributed by atoms with van der Waals surface area (Å²) < 4.78 is 10.5. The summed E-state index contributed by atoms with van der Waals surface area (Å²) in [5.74, 6) is 0.291. The number of methoxy groups -OCH3 is 1. The van der Waals surface area contributed by atoms with Gasteiger partial charge in [0.25, 0.3) is 0 Å². The Morgan fingerprint density at radius 3 is 2.80 bits per heavy atom. The summed E-state index contributed by atoms with van der Waals surface area (Å²) >= 11 is 0. The van der Waals surface area contributed by atoms with Gasteiger partial charge in [-0.05, 0) is 31.4 Å². The molecule has 20 heavy (non-hydrogen) atoms. The molecule has 6 heteroatoms. The first-order valence-corrected chi connectivity index (χ1v) is 6.80. The molecule has 0 unspecified atom stereocenters. The second kappa shape index (κ2) is 6.67. The molecule has 1 fully saturated rings. The molecule has 2 rings (SSSR count). The first kappa shape index (κ1) is 14.7. The summed E-state index contributed by atoms with van der Waals surface area (Å²) in [6.07, 6.45) is 2.38. The molecule has 110 valence electrons. The third-order valence-electron chi connectivity index (χ3n) is 3.53. The van der Waals surface area contributed by atoms with Crippen molar-refractivity contribution in [3.05, 3.63) is 33.9 Å². The number of hydrogen-bond donors (Lipinski definition) is 1. The maximum absolute atomic E-state index is 10.9. The highest BCUT2D eigenvalue weighted by Gasteiger charge is 2.29. The molecule has 0 atom stereocenters. The molecule has 0 aromatic heterocycles. The molecule has 0 spiro atoms. The molecule has 0 saturated heterocycles. The fourth-order valence-electron chi connectivity index (χ4n) is 2.35. The Morgan fingerprint density at radius 2 is 2.20 bits per heavy atom. The normalized spacial score (nSPS) is 21.3. The molecule has 0 amide bonds. The molecule has 0 heterocycles. The zero-order chi connectivity index (χ0) is 14.5. The van der Waals surface area contributed by atoms with Crippen LogP contribution in [-0.2, 0) is 11.3 Å². The van der Waals surface area contributed by atoms with Crippen LogP contribution in [0.3, 0.4) is 0 Å². The first-order chi connectivity index (χ1) is 9.63. The van der Waals surface area contributed by atoms with Crippen molar-refractivity contribution in [2.45, 2.75) is 38.5 Å². The van der Waals surface area contributed by atoms with Crippen LogP contribution in [0.4, 0.5) is 5.69 Å². The molecule has 0 aliphatic heterocycles. The lowest BCUT2D eigenvalue weighted by Gasteiger charge is -2.35.